The maximum atomic E-state index is 9.79. The highest BCUT2D eigenvalue weighted by molar-refractivity contribution is 5.10. The van der Waals surface area contributed by atoms with Crippen LogP contribution < -0.4 is 0 Å². The van der Waals surface area contributed by atoms with Crippen LogP contribution in [0, 0.1) is 23.7 Å². The summed E-state index contributed by atoms with van der Waals surface area (Å²) >= 11 is 0. The average molecular weight is 152 g/mol. The lowest BCUT2D eigenvalue weighted by Crippen LogP contribution is -2.37. The summed E-state index contributed by atoms with van der Waals surface area (Å²) in [6, 6.07) is 0. The minimum Gasteiger partial charge on any atom is -0.393 e. The molecule has 0 aromatic rings. The zero-order valence-corrected chi connectivity index (χ0v) is 7.20. The van der Waals surface area contributed by atoms with Crippen LogP contribution >= 0.6 is 0 Å². The summed E-state index contributed by atoms with van der Waals surface area (Å²) < 4.78 is 0. The second-order valence-corrected chi connectivity index (χ2v) is 4.16. The average Bonchev–Trinajstić information content (AvgIpc) is 2.44. The highest BCUT2D eigenvalue weighted by atomic mass is 16.3. The van der Waals surface area contributed by atoms with Gasteiger partial charge in [-0.2, -0.15) is 0 Å². The molecule has 0 aromatic carbocycles. The van der Waals surface area contributed by atoms with Gasteiger partial charge in [-0.05, 0) is 30.1 Å². The van der Waals surface area contributed by atoms with Crippen molar-refractivity contribution in [1.82, 2.24) is 0 Å². The number of rotatable bonds is 0. The Morgan fingerprint density at radius 1 is 1.09 bits per heavy atom. The van der Waals surface area contributed by atoms with Crippen LogP contribution in [0.15, 0.2) is 12.2 Å². The molecule has 0 saturated heterocycles. The maximum Gasteiger partial charge on any atom is 0.0602 e. The molecule has 0 aliphatic heterocycles. The Labute approximate surface area is 68.1 Å². The zero-order chi connectivity index (χ0) is 8.01. The SMILES string of the molecule is C[C@@H]1C(O)[C@H](C)[C@@H]2C=C[C@H]1C2. The second-order valence-electron chi connectivity index (χ2n) is 4.16. The van der Waals surface area contributed by atoms with Crippen LogP contribution in [-0.2, 0) is 0 Å². The molecule has 2 aliphatic carbocycles. The summed E-state index contributed by atoms with van der Waals surface area (Å²) in [6.07, 6.45) is 5.79. The van der Waals surface area contributed by atoms with Crippen LogP contribution in [0.4, 0.5) is 0 Å². The van der Waals surface area contributed by atoms with Crippen LogP contribution in [0.3, 0.4) is 0 Å². The van der Waals surface area contributed by atoms with E-state index in [-0.39, 0.29) is 6.10 Å². The monoisotopic (exact) mass is 152 g/mol. The fourth-order valence-corrected chi connectivity index (χ4v) is 2.52. The Balaban J connectivity index is 2.22. The van der Waals surface area contributed by atoms with Crippen molar-refractivity contribution in [2.45, 2.75) is 26.4 Å². The molecule has 1 N–H and O–H groups in total. The first kappa shape index (κ1) is 7.35. The van der Waals surface area contributed by atoms with Gasteiger partial charge in [0.1, 0.15) is 0 Å². The van der Waals surface area contributed by atoms with Crippen molar-refractivity contribution in [2.75, 3.05) is 0 Å². The number of aliphatic hydroxyl groups excluding tert-OH is 1. The van der Waals surface area contributed by atoms with Gasteiger partial charge in [-0.15, -0.1) is 0 Å². The molecule has 2 aliphatic rings. The topological polar surface area (TPSA) is 20.2 Å². The number of fused-ring (bicyclic) bond motifs is 2. The quantitative estimate of drug-likeness (QED) is 0.525. The fraction of sp³-hybridized carbons (Fsp3) is 0.800. The van der Waals surface area contributed by atoms with E-state index in [9.17, 15) is 5.11 Å². The standard InChI is InChI=1S/C10H16O/c1-6-8-3-4-9(5-8)7(2)10(6)11/h3-4,6-11H,5H2,1-2H3/t6-,7+,8-,9+,10?. The third-order valence-electron chi connectivity index (χ3n) is 3.58. The third-order valence-corrected chi connectivity index (χ3v) is 3.58. The van der Waals surface area contributed by atoms with Gasteiger partial charge in [-0.25, -0.2) is 0 Å². The lowest BCUT2D eigenvalue weighted by molar-refractivity contribution is 0.000953. The van der Waals surface area contributed by atoms with Gasteiger partial charge in [0, 0.05) is 0 Å². The molecule has 1 fully saturated rings. The third kappa shape index (κ3) is 0.943. The first-order valence-corrected chi connectivity index (χ1v) is 4.56. The van der Waals surface area contributed by atoms with E-state index in [1.54, 1.807) is 0 Å². The second kappa shape index (κ2) is 2.34. The molecule has 5 atom stereocenters. The molecule has 62 valence electrons. The predicted molar refractivity (Wildman–Crippen MR) is 45.1 cm³/mol. The maximum absolute atomic E-state index is 9.79. The lowest BCUT2D eigenvalue weighted by atomic mass is 9.72. The summed E-state index contributed by atoms with van der Waals surface area (Å²) in [5.41, 5.74) is 0. The van der Waals surface area contributed by atoms with Crippen molar-refractivity contribution in [3.63, 3.8) is 0 Å². The molecule has 1 heteroatoms. The summed E-state index contributed by atoms with van der Waals surface area (Å²) in [7, 11) is 0. The van der Waals surface area contributed by atoms with Crippen molar-refractivity contribution in [2.24, 2.45) is 23.7 Å². The number of hydrogen-bond donors (Lipinski definition) is 1. The molecule has 0 spiro atoms. The summed E-state index contributed by atoms with van der Waals surface area (Å²) in [5, 5.41) is 9.79. The van der Waals surface area contributed by atoms with Crippen LogP contribution in [0.1, 0.15) is 20.3 Å². The highest BCUT2D eigenvalue weighted by Crippen LogP contribution is 2.43. The molecule has 0 amide bonds. The van der Waals surface area contributed by atoms with E-state index in [2.05, 4.69) is 26.0 Å². The van der Waals surface area contributed by atoms with Gasteiger partial charge < -0.3 is 5.11 Å². The van der Waals surface area contributed by atoms with Gasteiger partial charge >= 0.3 is 0 Å². The number of aliphatic hydroxyl groups is 1. The molecular formula is C10H16O. The molecule has 1 saturated carbocycles. The molecule has 1 nitrogen and oxygen atoms in total. The van der Waals surface area contributed by atoms with E-state index in [1.807, 2.05) is 0 Å². The zero-order valence-electron chi connectivity index (χ0n) is 7.20. The summed E-state index contributed by atoms with van der Waals surface area (Å²) in [5.74, 6) is 2.26. The van der Waals surface area contributed by atoms with E-state index < -0.39 is 0 Å². The lowest BCUT2D eigenvalue weighted by Gasteiger charge is -2.36. The van der Waals surface area contributed by atoms with Gasteiger partial charge in [0.2, 0.25) is 0 Å². The number of hydrogen-bond acceptors (Lipinski definition) is 1. The minimum absolute atomic E-state index is 0.0752. The number of allylic oxidation sites excluding steroid dienone is 2. The summed E-state index contributed by atoms with van der Waals surface area (Å²) in [6.45, 7) is 4.33. The van der Waals surface area contributed by atoms with E-state index in [1.165, 1.54) is 6.42 Å². The van der Waals surface area contributed by atoms with Gasteiger partial charge in [-0.1, -0.05) is 26.0 Å². The van der Waals surface area contributed by atoms with Crippen molar-refractivity contribution in [1.29, 1.82) is 0 Å². The van der Waals surface area contributed by atoms with Gasteiger partial charge in [0.15, 0.2) is 0 Å². The van der Waals surface area contributed by atoms with Crippen molar-refractivity contribution in [3.05, 3.63) is 12.2 Å². The Hall–Kier alpha value is -0.300. The molecule has 0 aromatic heterocycles. The predicted octanol–water partition coefficient (Wildman–Crippen LogP) is 1.83. The van der Waals surface area contributed by atoms with E-state index in [4.69, 9.17) is 0 Å². The Morgan fingerprint density at radius 3 is 2.00 bits per heavy atom. The van der Waals surface area contributed by atoms with Crippen LogP contribution in [0.25, 0.3) is 0 Å². The highest BCUT2D eigenvalue weighted by Gasteiger charge is 2.40. The molecule has 2 rings (SSSR count). The van der Waals surface area contributed by atoms with Crippen molar-refractivity contribution >= 4 is 0 Å². The molecule has 0 heterocycles. The first-order chi connectivity index (χ1) is 5.20. The summed E-state index contributed by atoms with van der Waals surface area (Å²) in [4.78, 5) is 0. The van der Waals surface area contributed by atoms with Crippen molar-refractivity contribution in [3.8, 4) is 0 Å². The van der Waals surface area contributed by atoms with Crippen LogP contribution in [0.5, 0.6) is 0 Å². The van der Waals surface area contributed by atoms with Crippen LogP contribution in [-0.4, -0.2) is 11.2 Å². The normalized spacial score (nSPS) is 55.0. The van der Waals surface area contributed by atoms with E-state index in [0.29, 0.717) is 23.7 Å². The largest absolute Gasteiger partial charge is 0.393 e. The minimum atomic E-state index is -0.0752. The molecule has 2 bridgehead atoms. The smallest absolute Gasteiger partial charge is 0.0602 e. The molecular weight excluding hydrogens is 136 g/mol. The fourth-order valence-electron chi connectivity index (χ4n) is 2.52. The first-order valence-electron chi connectivity index (χ1n) is 4.56. The molecule has 1 unspecified atom stereocenters. The Kier molecular flexibility index (Phi) is 1.57. The van der Waals surface area contributed by atoms with Gasteiger partial charge in [0.25, 0.3) is 0 Å². The van der Waals surface area contributed by atoms with Crippen LogP contribution in [0.2, 0.25) is 0 Å². The molecule has 0 radical (unpaired) electrons. The van der Waals surface area contributed by atoms with E-state index >= 15 is 0 Å². The van der Waals surface area contributed by atoms with Crippen molar-refractivity contribution < 1.29 is 5.11 Å². The Bertz CT molecular complexity index is 167. The van der Waals surface area contributed by atoms with Gasteiger partial charge in [-0.3, -0.25) is 0 Å². The van der Waals surface area contributed by atoms with Gasteiger partial charge in [0.05, 0.1) is 6.10 Å². The van der Waals surface area contributed by atoms with E-state index in [0.717, 1.165) is 0 Å². The Morgan fingerprint density at radius 2 is 1.55 bits per heavy atom. The molecule has 11 heavy (non-hydrogen) atoms.